The van der Waals surface area contributed by atoms with Gasteiger partial charge < -0.3 is 15.5 Å². The lowest BCUT2D eigenvalue weighted by atomic mass is 10.1. The molecule has 1 aromatic carbocycles. The summed E-state index contributed by atoms with van der Waals surface area (Å²) >= 11 is 0. The fourth-order valence-corrected chi connectivity index (χ4v) is 2.84. The lowest BCUT2D eigenvalue weighted by Crippen LogP contribution is -2.43. The van der Waals surface area contributed by atoms with Crippen LogP contribution in [0, 0.1) is 5.82 Å². The molecular formula is C16H24FN3O. The molecule has 1 aliphatic carbocycles. The molecule has 21 heavy (non-hydrogen) atoms. The number of carbonyl (C=O) groups excluding carboxylic acids is 1. The van der Waals surface area contributed by atoms with Crippen molar-refractivity contribution in [1.29, 1.82) is 0 Å². The fourth-order valence-electron chi connectivity index (χ4n) is 2.84. The van der Waals surface area contributed by atoms with Crippen LogP contribution in [-0.4, -0.2) is 48.9 Å². The fraction of sp³-hybridized carbons (Fsp3) is 0.562. The normalized spacial score (nSPS) is 15.6. The highest BCUT2D eigenvalue weighted by molar-refractivity contribution is 5.99. The second-order valence-electron chi connectivity index (χ2n) is 5.97. The summed E-state index contributed by atoms with van der Waals surface area (Å²) in [4.78, 5) is 16.7. The number of benzene rings is 1. The highest BCUT2D eigenvalue weighted by Gasteiger charge is 2.28. The van der Waals surface area contributed by atoms with Crippen molar-refractivity contribution in [2.24, 2.45) is 0 Å². The summed E-state index contributed by atoms with van der Waals surface area (Å²) in [5, 5.41) is 0. The van der Waals surface area contributed by atoms with Crippen LogP contribution in [0.4, 0.5) is 10.1 Å². The standard InChI is InChI=1S/C16H24FN3O/c1-19(2)9-10-20(13-5-3-4-6-13)16(21)14-11-12(17)7-8-15(14)18/h7-8,11,13H,3-6,9-10,18H2,1-2H3. The van der Waals surface area contributed by atoms with Crippen LogP contribution in [0.15, 0.2) is 18.2 Å². The van der Waals surface area contributed by atoms with Gasteiger partial charge in [-0.2, -0.15) is 0 Å². The first kappa shape index (κ1) is 15.8. The number of anilines is 1. The van der Waals surface area contributed by atoms with Gasteiger partial charge in [-0.3, -0.25) is 4.79 Å². The molecule has 116 valence electrons. The maximum atomic E-state index is 13.4. The lowest BCUT2D eigenvalue weighted by Gasteiger charge is -2.30. The molecule has 2 N–H and O–H groups in total. The van der Waals surface area contributed by atoms with E-state index in [1.807, 2.05) is 23.9 Å². The molecule has 0 bridgehead atoms. The molecule has 0 spiro atoms. The first-order valence-electron chi connectivity index (χ1n) is 7.50. The molecule has 1 fully saturated rings. The van der Waals surface area contributed by atoms with Gasteiger partial charge in [-0.05, 0) is 45.1 Å². The third kappa shape index (κ3) is 3.94. The third-order valence-electron chi connectivity index (χ3n) is 4.06. The maximum absolute atomic E-state index is 13.4. The van der Waals surface area contributed by atoms with Crippen LogP contribution in [0.25, 0.3) is 0 Å². The van der Waals surface area contributed by atoms with Gasteiger partial charge in [0.2, 0.25) is 0 Å². The molecule has 0 aromatic heterocycles. The Bertz CT molecular complexity index is 498. The Hall–Kier alpha value is -1.62. The van der Waals surface area contributed by atoms with Gasteiger partial charge in [0.05, 0.1) is 5.56 Å². The maximum Gasteiger partial charge on any atom is 0.256 e. The van der Waals surface area contributed by atoms with Gasteiger partial charge in [0.25, 0.3) is 5.91 Å². The van der Waals surface area contributed by atoms with Crippen molar-refractivity contribution >= 4 is 11.6 Å². The van der Waals surface area contributed by atoms with Gasteiger partial charge in [0.15, 0.2) is 0 Å². The van der Waals surface area contributed by atoms with Crippen LogP contribution in [0.3, 0.4) is 0 Å². The second kappa shape index (κ2) is 6.89. The largest absolute Gasteiger partial charge is 0.398 e. The van der Waals surface area contributed by atoms with Gasteiger partial charge in [-0.15, -0.1) is 0 Å². The molecule has 1 saturated carbocycles. The summed E-state index contributed by atoms with van der Waals surface area (Å²) in [5.74, 6) is -0.577. The molecular weight excluding hydrogens is 269 g/mol. The van der Waals surface area contributed by atoms with Crippen LogP contribution in [0.5, 0.6) is 0 Å². The lowest BCUT2D eigenvalue weighted by molar-refractivity contribution is 0.0668. The van der Waals surface area contributed by atoms with Crippen molar-refractivity contribution < 1.29 is 9.18 Å². The highest BCUT2D eigenvalue weighted by Crippen LogP contribution is 2.26. The summed E-state index contributed by atoms with van der Waals surface area (Å²) < 4.78 is 13.4. The SMILES string of the molecule is CN(C)CCN(C(=O)c1cc(F)ccc1N)C1CCCC1. The van der Waals surface area contributed by atoms with Gasteiger partial charge in [-0.25, -0.2) is 4.39 Å². The monoisotopic (exact) mass is 293 g/mol. The van der Waals surface area contributed by atoms with E-state index in [4.69, 9.17) is 5.73 Å². The molecule has 0 unspecified atom stereocenters. The van der Waals surface area contributed by atoms with E-state index in [9.17, 15) is 9.18 Å². The topological polar surface area (TPSA) is 49.6 Å². The van der Waals surface area contributed by atoms with Crippen molar-refractivity contribution in [2.45, 2.75) is 31.7 Å². The van der Waals surface area contributed by atoms with Crippen molar-refractivity contribution in [3.63, 3.8) is 0 Å². The molecule has 0 radical (unpaired) electrons. The highest BCUT2D eigenvalue weighted by atomic mass is 19.1. The van der Waals surface area contributed by atoms with E-state index >= 15 is 0 Å². The van der Waals surface area contributed by atoms with E-state index in [1.54, 1.807) is 0 Å². The van der Waals surface area contributed by atoms with Gasteiger partial charge in [0, 0.05) is 24.8 Å². The zero-order valence-corrected chi connectivity index (χ0v) is 12.8. The molecule has 0 heterocycles. The zero-order chi connectivity index (χ0) is 15.4. The Morgan fingerprint density at radius 2 is 1.95 bits per heavy atom. The van der Waals surface area contributed by atoms with Gasteiger partial charge >= 0.3 is 0 Å². The minimum Gasteiger partial charge on any atom is -0.398 e. The Kier molecular flexibility index (Phi) is 5.17. The van der Waals surface area contributed by atoms with Crippen molar-refractivity contribution in [1.82, 2.24) is 9.80 Å². The van der Waals surface area contributed by atoms with Crippen molar-refractivity contribution in [2.75, 3.05) is 32.9 Å². The number of nitrogens with two attached hydrogens (primary N) is 1. The number of nitrogen functional groups attached to an aromatic ring is 1. The predicted octanol–water partition coefficient (Wildman–Crippen LogP) is 2.35. The second-order valence-corrected chi connectivity index (χ2v) is 5.97. The number of nitrogens with zero attached hydrogens (tertiary/aromatic N) is 2. The summed E-state index contributed by atoms with van der Waals surface area (Å²) in [6.07, 6.45) is 4.34. The average Bonchev–Trinajstić information content (AvgIpc) is 2.95. The number of halogens is 1. The Balaban J connectivity index is 2.21. The van der Waals surface area contributed by atoms with Crippen LogP contribution in [0.2, 0.25) is 0 Å². The Labute approximate surface area is 125 Å². The van der Waals surface area contributed by atoms with E-state index in [2.05, 4.69) is 0 Å². The predicted molar refractivity (Wildman–Crippen MR) is 82.7 cm³/mol. The number of rotatable bonds is 5. The van der Waals surface area contributed by atoms with Crippen LogP contribution < -0.4 is 5.73 Å². The van der Waals surface area contributed by atoms with E-state index in [0.717, 1.165) is 32.2 Å². The summed E-state index contributed by atoms with van der Waals surface area (Å²) in [7, 11) is 3.96. The number of carbonyl (C=O) groups is 1. The zero-order valence-electron chi connectivity index (χ0n) is 12.8. The first-order chi connectivity index (χ1) is 9.99. The smallest absolute Gasteiger partial charge is 0.256 e. The first-order valence-corrected chi connectivity index (χ1v) is 7.50. The number of hydrogen-bond donors (Lipinski definition) is 1. The summed E-state index contributed by atoms with van der Waals surface area (Å²) in [5.41, 5.74) is 6.48. The van der Waals surface area contributed by atoms with Crippen molar-refractivity contribution in [3.8, 4) is 0 Å². The minimum absolute atomic E-state index is 0.152. The molecule has 0 aliphatic heterocycles. The number of likely N-dealkylation sites (N-methyl/N-ethyl adjacent to an activating group) is 1. The molecule has 5 heteroatoms. The van der Waals surface area contributed by atoms with E-state index in [0.29, 0.717) is 12.2 Å². The Morgan fingerprint density at radius 3 is 2.57 bits per heavy atom. The summed E-state index contributed by atoms with van der Waals surface area (Å²) in [6, 6.07) is 4.24. The van der Waals surface area contributed by atoms with Crippen LogP contribution in [-0.2, 0) is 0 Å². The van der Waals surface area contributed by atoms with E-state index in [-0.39, 0.29) is 17.5 Å². The minimum atomic E-state index is -0.425. The van der Waals surface area contributed by atoms with Gasteiger partial charge in [-0.1, -0.05) is 12.8 Å². The molecule has 1 aliphatic rings. The van der Waals surface area contributed by atoms with E-state index in [1.165, 1.54) is 18.2 Å². The molecule has 1 amide bonds. The van der Waals surface area contributed by atoms with Gasteiger partial charge in [0.1, 0.15) is 5.82 Å². The molecule has 1 aromatic rings. The van der Waals surface area contributed by atoms with Crippen molar-refractivity contribution in [3.05, 3.63) is 29.6 Å². The molecule has 4 nitrogen and oxygen atoms in total. The number of hydrogen-bond acceptors (Lipinski definition) is 3. The summed E-state index contributed by atoms with van der Waals surface area (Å²) in [6.45, 7) is 1.43. The molecule has 2 rings (SSSR count). The molecule has 0 atom stereocenters. The van der Waals surface area contributed by atoms with Crippen LogP contribution in [0.1, 0.15) is 36.0 Å². The van der Waals surface area contributed by atoms with Crippen LogP contribution >= 0.6 is 0 Å². The number of amides is 1. The van der Waals surface area contributed by atoms with E-state index < -0.39 is 5.82 Å². The average molecular weight is 293 g/mol. The Morgan fingerprint density at radius 1 is 1.29 bits per heavy atom. The quantitative estimate of drug-likeness (QED) is 0.848. The third-order valence-corrected chi connectivity index (χ3v) is 4.06. The molecule has 0 saturated heterocycles.